The summed E-state index contributed by atoms with van der Waals surface area (Å²) in [7, 11) is 7.22. The molecule has 1 fully saturated rings. The van der Waals surface area contributed by atoms with Gasteiger partial charge in [-0.15, -0.1) is 0 Å². The van der Waals surface area contributed by atoms with E-state index in [0.717, 1.165) is 54.0 Å². The van der Waals surface area contributed by atoms with Crippen LogP contribution in [0.4, 0.5) is 22.0 Å². The molecular formula is C24H31N6O3+. The number of rotatable bonds is 6. The molecule has 1 saturated heterocycles. The van der Waals surface area contributed by atoms with E-state index in [9.17, 15) is 4.79 Å². The van der Waals surface area contributed by atoms with Gasteiger partial charge in [0.1, 0.15) is 12.1 Å². The normalized spacial score (nSPS) is 14.2. The van der Waals surface area contributed by atoms with Crippen LogP contribution in [0.25, 0.3) is 10.9 Å². The number of quaternary nitrogens is 1. The zero-order chi connectivity index (χ0) is 23.4. The Kier molecular flexibility index (Phi) is 6.79. The number of urea groups is 1. The zero-order valence-corrected chi connectivity index (χ0v) is 19.5. The number of nitrogens with two attached hydrogens (primary N) is 1. The van der Waals surface area contributed by atoms with E-state index in [4.69, 9.17) is 9.47 Å². The third kappa shape index (κ3) is 5.09. The van der Waals surface area contributed by atoms with Crippen LogP contribution >= 0.6 is 0 Å². The third-order valence-corrected chi connectivity index (χ3v) is 6.00. The largest absolute Gasteiger partial charge is 0.493 e. The fraction of sp³-hybridized carbons (Fsp3) is 0.375. The highest BCUT2D eigenvalue weighted by Gasteiger charge is 2.26. The molecule has 1 aromatic heterocycles. The van der Waals surface area contributed by atoms with E-state index >= 15 is 0 Å². The summed E-state index contributed by atoms with van der Waals surface area (Å²) in [4.78, 5) is 25.7. The van der Waals surface area contributed by atoms with Crippen molar-refractivity contribution < 1.29 is 19.6 Å². The Morgan fingerprint density at radius 2 is 1.73 bits per heavy atom. The first kappa shape index (κ1) is 22.6. The van der Waals surface area contributed by atoms with E-state index in [2.05, 4.69) is 20.2 Å². The van der Waals surface area contributed by atoms with Crippen LogP contribution < -0.4 is 29.9 Å². The molecule has 0 radical (unpaired) electrons. The number of carbonyl (C=O) groups is 1. The summed E-state index contributed by atoms with van der Waals surface area (Å²) in [6, 6.07) is 11.8. The number of nitrogens with zero attached hydrogens (tertiary/aromatic N) is 4. The monoisotopic (exact) mass is 451 g/mol. The van der Waals surface area contributed by atoms with Crippen LogP contribution in [-0.2, 0) is 0 Å². The molecule has 0 atom stereocenters. The van der Waals surface area contributed by atoms with Crippen molar-refractivity contribution in [3.8, 4) is 11.5 Å². The van der Waals surface area contributed by atoms with Crippen molar-refractivity contribution in [1.82, 2.24) is 9.97 Å². The predicted octanol–water partition coefficient (Wildman–Crippen LogP) is 2.48. The van der Waals surface area contributed by atoms with Gasteiger partial charge in [-0.25, -0.2) is 14.8 Å². The van der Waals surface area contributed by atoms with Gasteiger partial charge < -0.3 is 19.3 Å². The van der Waals surface area contributed by atoms with E-state index in [1.807, 2.05) is 60.7 Å². The number of hydrogen-bond acceptors (Lipinski definition) is 7. The highest BCUT2D eigenvalue weighted by Crippen LogP contribution is 2.35. The van der Waals surface area contributed by atoms with Crippen molar-refractivity contribution in [3.05, 3.63) is 42.7 Å². The van der Waals surface area contributed by atoms with Crippen molar-refractivity contribution in [1.29, 1.82) is 0 Å². The fourth-order valence-electron chi connectivity index (χ4n) is 4.14. The second-order valence-corrected chi connectivity index (χ2v) is 8.34. The molecule has 3 aromatic rings. The minimum atomic E-state index is -0.0598. The lowest BCUT2D eigenvalue weighted by molar-refractivity contribution is -0.594. The van der Waals surface area contributed by atoms with Gasteiger partial charge in [-0.1, -0.05) is 0 Å². The predicted molar refractivity (Wildman–Crippen MR) is 130 cm³/mol. The molecule has 3 N–H and O–H groups in total. The molecule has 174 valence electrons. The van der Waals surface area contributed by atoms with Crippen molar-refractivity contribution in [3.63, 3.8) is 0 Å². The molecule has 9 heteroatoms. The number of anilines is 3. The maximum atomic E-state index is 12.5. The Labute approximate surface area is 193 Å². The van der Waals surface area contributed by atoms with Gasteiger partial charge in [0.25, 0.3) is 0 Å². The Bertz CT molecular complexity index is 1110. The number of carbonyl (C=O) groups excluding carboxylic acids is 1. The molecule has 0 unspecified atom stereocenters. The van der Waals surface area contributed by atoms with Crippen LogP contribution in [0.5, 0.6) is 11.5 Å². The first-order chi connectivity index (χ1) is 16.0. The first-order valence-corrected chi connectivity index (χ1v) is 11.0. The number of ether oxygens (including phenoxy) is 2. The standard InChI is InChI=1S/C24H30N6O3/c1-29(2)18-7-5-16(6-8-18)27-24(31)28-17-9-11-30(12-10-17)23-19-13-21(32-3)22(33-4)14-20(19)25-15-26-23/h5-8,13-15,17H,9-12H2,1-4H3,(H2,27,28,31)/p+1. The summed E-state index contributed by atoms with van der Waals surface area (Å²) < 4.78 is 10.9. The van der Waals surface area contributed by atoms with E-state index in [1.165, 1.54) is 0 Å². The first-order valence-electron chi connectivity index (χ1n) is 11.0. The average Bonchev–Trinajstić information content (AvgIpc) is 2.83. The summed E-state index contributed by atoms with van der Waals surface area (Å²) >= 11 is 0. The molecule has 4 rings (SSSR count). The van der Waals surface area contributed by atoms with E-state index < -0.39 is 0 Å². The quantitative estimate of drug-likeness (QED) is 0.594. The summed E-state index contributed by atoms with van der Waals surface area (Å²) in [5, 5.41) is 5.71. The van der Waals surface area contributed by atoms with Crippen LogP contribution in [0, 0.1) is 0 Å². The van der Waals surface area contributed by atoms with Gasteiger partial charge >= 0.3 is 6.03 Å². The number of hydrogen-bond donors (Lipinski definition) is 2. The zero-order valence-electron chi connectivity index (χ0n) is 19.5. The van der Waals surface area contributed by atoms with Crippen molar-refractivity contribution in [2.75, 3.05) is 56.5 Å². The Morgan fingerprint density at radius 3 is 2.36 bits per heavy atom. The lowest BCUT2D eigenvalue weighted by Gasteiger charge is -2.31. The number of nitrogens with one attached hydrogen (secondary N) is 1. The van der Waals surface area contributed by atoms with Crippen LogP contribution in [-0.4, -0.2) is 63.4 Å². The SMILES string of the molecule is COc1cc2ncnc(N3CCC([NH2+]C(=O)Nc4ccc(N(C)C)cc4)CC3)c2cc1OC. The Hall–Kier alpha value is -3.59. The number of amides is 2. The Balaban J connectivity index is 1.37. The number of piperidine rings is 1. The van der Waals surface area contributed by atoms with Crippen LogP contribution in [0.2, 0.25) is 0 Å². The summed E-state index contributed by atoms with van der Waals surface area (Å²) in [6.45, 7) is 1.62. The third-order valence-electron chi connectivity index (χ3n) is 6.00. The van der Waals surface area contributed by atoms with Gasteiger partial charge in [-0.05, 0) is 30.3 Å². The Morgan fingerprint density at radius 1 is 1.06 bits per heavy atom. The second kappa shape index (κ2) is 9.91. The highest BCUT2D eigenvalue weighted by atomic mass is 16.5. The number of methoxy groups -OCH3 is 2. The molecule has 9 nitrogen and oxygen atoms in total. The minimum absolute atomic E-state index is 0.0598. The summed E-state index contributed by atoms with van der Waals surface area (Å²) in [5.74, 6) is 2.18. The lowest BCUT2D eigenvalue weighted by atomic mass is 10.0. The van der Waals surface area contributed by atoms with Crippen LogP contribution in [0.15, 0.2) is 42.7 Å². The summed E-state index contributed by atoms with van der Waals surface area (Å²) in [5.41, 5.74) is 2.71. The molecule has 33 heavy (non-hydrogen) atoms. The molecule has 2 heterocycles. The van der Waals surface area contributed by atoms with Crippen LogP contribution in [0.3, 0.4) is 0 Å². The molecule has 0 bridgehead atoms. The summed E-state index contributed by atoms with van der Waals surface area (Å²) in [6.07, 6.45) is 3.34. The van der Waals surface area contributed by atoms with Gasteiger partial charge in [-0.3, -0.25) is 10.6 Å². The maximum absolute atomic E-state index is 12.5. The molecule has 0 saturated carbocycles. The second-order valence-electron chi connectivity index (χ2n) is 8.34. The van der Waals surface area contributed by atoms with Gasteiger partial charge in [0, 0.05) is 62.9 Å². The van der Waals surface area contributed by atoms with Gasteiger partial charge in [0.15, 0.2) is 11.5 Å². The van der Waals surface area contributed by atoms with Crippen molar-refractivity contribution in [2.45, 2.75) is 18.9 Å². The number of fused-ring (bicyclic) bond motifs is 1. The van der Waals surface area contributed by atoms with E-state index in [-0.39, 0.29) is 12.1 Å². The van der Waals surface area contributed by atoms with Crippen molar-refractivity contribution in [2.24, 2.45) is 0 Å². The molecule has 0 aliphatic carbocycles. The van der Waals surface area contributed by atoms with Crippen molar-refractivity contribution >= 4 is 34.1 Å². The lowest BCUT2D eigenvalue weighted by Crippen LogP contribution is -2.95. The number of primary amides is 1. The molecule has 2 amide bonds. The van der Waals surface area contributed by atoms with Crippen LogP contribution in [0.1, 0.15) is 12.8 Å². The van der Waals surface area contributed by atoms with Gasteiger partial charge in [0.05, 0.1) is 25.8 Å². The smallest absolute Gasteiger partial charge is 0.417 e. The molecule has 2 aromatic carbocycles. The van der Waals surface area contributed by atoms with E-state index in [1.54, 1.807) is 20.5 Å². The van der Waals surface area contributed by atoms with Gasteiger partial charge in [-0.2, -0.15) is 0 Å². The average molecular weight is 452 g/mol. The fourth-order valence-corrected chi connectivity index (χ4v) is 4.14. The maximum Gasteiger partial charge on any atom is 0.417 e. The minimum Gasteiger partial charge on any atom is -0.493 e. The van der Waals surface area contributed by atoms with E-state index in [0.29, 0.717) is 11.5 Å². The molecule has 0 spiro atoms. The molecule has 1 aliphatic heterocycles. The molecule has 1 aliphatic rings. The molecular weight excluding hydrogens is 420 g/mol. The number of aromatic nitrogens is 2. The highest BCUT2D eigenvalue weighted by molar-refractivity contribution is 5.92. The van der Waals surface area contributed by atoms with Gasteiger partial charge in [0.2, 0.25) is 0 Å². The topological polar surface area (TPSA) is 96.4 Å². The number of benzene rings is 2.